The van der Waals surface area contributed by atoms with E-state index in [0.29, 0.717) is 26.1 Å². The summed E-state index contributed by atoms with van der Waals surface area (Å²) in [7, 11) is 0. The first-order chi connectivity index (χ1) is 8.74. The second kappa shape index (κ2) is 6.23. The molecule has 0 radical (unpaired) electrons. The molecule has 0 bridgehead atoms. The molecule has 1 heterocycles. The van der Waals surface area contributed by atoms with Gasteiger partial charge in [0, 0.05) is 19.1 Å². The molecule has 19 heavy (non-hydrogen) atoms. The number of nitrogens with two attached hydrogens (primary N) is 1. The van der Waals surface area contributed by atoms with Crippen molar-refractivity contribution in [2.24, 2.45) is 11.7 Å². The van der Waals surface area contributed by atoms with E-state index in [-0.39, 0.29) is 18.0 Å². The van der Waals surface area contributed by atoms with Gasteiger partial charge in [0.2, 0.25) is 0 Å². The van der Waals surface area contributed by atoms with E-state index in [2.05, 4.69) is 0 Å². The van der Waals surface area contributed by atoms with Crippen LogP contribution in [0.15, 0.2) is 0 Å². The first-order valence-corrected chi connectivity index (χ1v) is 6.64. The average Bonchev–Trinajstić information content (AvgIpc) is 2.26. The standard InChI is InChI=1S/C13H24N2O4/c1-5-18-11(16)9-6-7-15(8-10(9)14)12(17)19-13(2,3)4/h9-10H,5-8,14H2,1-4H3/t9?,10-/m1/s1. The van der Waals surface area contributed by atoms with Crippen molar-refractivity contribution in [3.8, 4) is 0 Å². The Labute approximate surface area is 114 Å². The van der Waals surface area contributed by atoms with Gasteiger partial charge in [0.25, 0.3) is 0 Å². The number of ether oxygens (including phenoxy) is 2. The van der Waals surface area contributed by atoms with Gasteiger partial charge in [0.05, 0.1) is 12.5 Å². The van der Waals surface area contributed by atoms with Gasteiger partial charge in [0.15, 0.2) is 0 Å². The zero-order valence-corrected chi connectivity index (χ0v) is 12.1. The van der Waals surface area contributed by atoms with Crippen LogP contribution >= 0.6 is 0 Å². The molecular formula is C13H24N2O4. The predicted molar refractivity (Wildman–Crippen MR) is 70.5 cm³/mol. The summed E-state index contributed by atoms with van der Waals surface area (Å²) in [5.41, 5.74) is 5.42. The minimum absolute atomic E-state index is 0.279. The Morgan fingerprint density at radius 3 is 2.47 bits per heavy atom. The van der Waals surface area contributed by atoms with Crippen molar-refractivity contribution < 1.29 is 19.1 Å². The number of piperidine rings is 1. The molecule has 0 aromatic rings. The summed E-state index contributed by atoms with van der Waals surface area (Å²) in [6.45, 7) is 8.34. The maximum atomic E-state index is 11.9. The van der Waals surface area contributed by atoms with Crippen LogP contribution in [0.25, 0.3) is 0 Å². The van der Waals surface area contributed by atoms with Crippen molar-refractivity contribution in [1.29, 1.82) is 0 Å². The van der Waals surface area contributed by atoms with Crippen LogP contribution in [0.4, 0.5) is 4.79 Å². The van der Waals surface area contributed by atoms with Gasteiger partial charge in [0.1, 0.15) is 5.60 Å². The molecule has 0 aromatic carbocycles. The normalized spacial score (nSPS) is 23.9. The third kappa shape index (κ3) is 4.70. The first kappa shape index (κ1) is 15.8. The van der Waals surface area contributed by atoms with Gasteiger partial charge in [-0.25, -0.2) is 4.79 Å². The molecule has 0 saturated carbocycles. The zero-order chi connectivity index (χ0) is 14.6. The minimum Gasteiger partial charge on any atom is -0.466 e. The Hall–Kier alpha value is -1.30. The lowest BCUT2D eigenvalue weighted by molar-refractivity contribution is -0.150. The van der Waals surface area contributed by atoms with Crippen molar-refractivity contribution >= 4 is 12.1 Å². The molecule has 0 aromatic heterocycles. The van der Waals surface area contributed by atoms with Gasteiger partial charge in [-0.15, -0.1) is 0 Å². The smallest absolute Gasteiger partial charge is 0.410 e. The lowest BCUT2D eigenvalue weighted by Gasteiger charge is -2.36. The Morgan fingerprint density at radius 1 is 1.37 bits per heavy atom. The van der Waals surface area contributed by atoms with Crippen LogP contribution in [0.2, 0.25) is 0 Å². The van der Waals surface area contributed by atoms with Gasteiger partial charge in [-0.1, -0.05) is 0 Å². The Morgan fingerprint density at radius 2 is 2.00 bits per heavy atom. The van der Waals surface area contributed by atoms with Crippen LogP contribution in [0.3, 0.4) is 0 Å². The van der Waals surface area contributed by atoms with Crippen LogP contribution in [-0.4, -0.2) is 48.3 Å². The van der Waals surface area contributed by atoms with Gasteiger partial charge < -0.3 is 20.1 Å². The van der Waals surface area contributed by atoms with Gasteiger partial charge in [-0.3, -0.25) is 4.79 Å². The molecular weight excluding hydrogens is 248 g/mol. The molecule has 0 spiro atoms. The zero-order valence-electron chi connectivity index (χ0n) is 12.1. The topological polar surface area (TPSA) is 81.9 Å². The summed E-state index contributed by atoms with van der Waals surface area (Å²) >= 11 is 0. The lowest BCUT2D eigenvalue weighted by Crippen LogP contribution is -2.53. The molecule has 6 nitrogen and oxygen atoms in total. The van der Waals surface area contributed by atoms with Gasteiger partial charge in [-0.2, -0.15) is 0 Å². The van der Waals surface area contributed by atoms with Crippen molar-refractivity contribution in [2.45, 2.75) is 45.8 Å². The number of rotatable bonds is 2. The lowest BCUT2D eigenvalue weighted by atomic mass is 9.92. The number of esters is 1. The van der Waals surface area contributed by atoms with Crippen LogP contribution in [0, 0.1) is 5.92 Å². The third-order valence-electron chi connectivity index (χ3n) is 2.90. The van der Waals surface area contributed by atoms with E-state index in [1.807, 2.05) is 20.8 Å². The number of hydrogen-bond donors (Lipinski definition) is 1. The Balaban J connectivity index is 2.54. The predicted octanol–water partition coefficient (Wildman–Crippen LogP) is 1.13. The Kier molecular flexibility index (Phi) is 5.17. The quantitative estimate of drug-likeness (QED) is 0.762. The van der Waals surface area contributed by atoms with Crippen LogP contribution in [-0.2, 0) is 14.3 Å². The Bertz CT molecular complexity index is 338. The molecule has 0 aliphatic carbocycles. The van der Waals surface area contributed by atoms with Crippen molar-refractivity contribution in [2.75, 3.05) is 19.7 Å². The van der Waals surface area contributed by atoms with E-state index in [0.717, 1.165) is 0 Å². The van der Waals surface area contributed by atoms with E-state index >= 15 is 0 Å². The van der Waals surface area contributed by atoms with Gasteiger partial charge >= 0.3 is 12.1 Å². The largest absolute Gasteiger partial charge is 0.466 e. The van der Waals surface area contributed by atoms with E-state index < -0.39 is 11.6 Å². The van der Waals surface area contributed by atoms with Crippen LogP contribution in [0.1, 0.15) is 34.1 Å². The molecule has 1 amide bonds. The van der Waals surface area contributed by atoms with E-state index in [1.54, 1.807) is 11.8 Å². The van der Waals surface area contributed by atoms with Gasteiger partial charge in [-0.05, 0) is 34.1 Å². The summed E-state index contributed by atoms with van der Waals surface area (Å²) in [5.74, 6) is -0.613. The number of carbonyl (C=O) groups is 2. The summed E-state index contributed by atoms with van der Waals surface area (Å²) in [4.78, 5) is 25.1. The fraction of sp³-hybridized carbons (Fsp3) is 0.846. The maximum Gasteiger partial charge on any atom is 0.410 e. The molecule has 110 valence electrons. The summed E-state index contributed by atoms with van der Waals surface area (Å²) in [5, 5.41) is 0. The second-order valence-electron chi connectivity index (χ2n) is 5.74. The number of nitrogens with zero attached hydrogens (tertiary/aromatic N) is 1. The first-order valence-electron chi connectivity index (χ1n) is 6.64. The van der Waals surface area contributed by atoms with E-state index in [9.17, 15) is 9.59 Å². The molecule has 2 atom stereocenters. The number of hydrogen-bond acceptors (Lipinski definition) is 5. The molecule has 1 rings (SSSR count). The third-order valence-corrected chi connectivity index (χ3v) is 2.90. The van der Waals surface area contributed by atoms with Crippen molar-refractivity contribution in [3.05, 3.63) is 0 Å². The number of carbonyl (C=O) groups excluding carboxylic acids is 2. The van der Waals surface area contributed by atoms with Crippen molar-refractivity contribution in [1.82, 2.24) is 4.90 Å². The monoisotopic (exact) mass is 272 g/mol. The molecule has 2 N–H and O–H groups in total. The number of likely N-dealkylation sites (tertiary alicyclic amines) is 1. The SMILES string of the molecule is CCOC(=O)C1CCN(C(=O)OC(C)(C)C)C[C@H]1N. The highest BCUT2D eigenvalue weighted by Crippen LogP contribution is 2.20. The van der Waals surface area contributed by atoms with E-state index in [1.165, 1.54) is 0 Å². The molecule has 1 fully saturated rings. The summed E-state index contributed by atoms with van der Waals surface area (Å²) < 4.78 is 10.3. The average molecular weight is 272 g/mol. The molecule has 1 aliphatic rings. The number of amides is 1. The highest BCUT2D eigenvalue weighted by Gasteiger charge is 2.35. The fourth-order valence-electron chi connectivity index (χ4n) is 2.02. The molecule has 1 unspecified atom stereocenters. The summed E-state index contributed by atoms with van der Waals surface area (Å²) in [6.07, 6.45) is 0.129. The van der Waals surface area contributed by atoms with Crippen LogP contribution in [0.5, 0.6) is 0 Å². The van der Waals surface area contributed by atoms with Crippen LogP contribution < -0.4 is 5.73 Å². The highest BCUT2D eigenvalue weighted by molar-refractivity contribution is 5.74. The molecule has 1 saturated heterocycles. The maximum absolute atomic E-state index is 11.9. The molecule has 6 heteroatoms. The minimum atomic E-state index is -0.529. The summed E-state index contributed by atoms with van der Waals surface area (Å²) in [6, 6.07) is -0.402. The molecule has 1 aliphatic heterocycles. The van der Waals surface area contributed by atoms with Crippen molar-refractivity contribution in [3.63, 3.8) is 0 Å². The fourth-order valence-corrected chi connectivity index (χ4v) is 2.02. The van der Waals surface area contributed by atoms with E-state index in [4.69, 9.17) is 15.2 Å². The highest BCUT2D eigenvalue weighted by atomic mass is 16.6. The second-order valence-corrected chi connectivity index (χ2v) is 5.74.